The molecule has 1 saturated heterocycles. The van der Waals surface area contributed by atoms with E-state index < -0.39 is 42.8 Å². The lowest BCUT2D eigenvalue weighted by Crippen LogP contribution is -2.33. The summed E-state index contributed by atoms with van der Waals surface area (Å²) in [5.74, 6) is 0. The van der Waals surface area contributed by atoms with Crippen molar-refractivity contribution in [2.24, 2.45) is 0 Å². The van der Waals surface area contributed by atoms with Gasteiger partial charge in [0.05, 0.1) is 12.9 Å². The number of aromatic nitrogens is 4. The first-order chi connectivity index (χ1) is 9.52. The van der Waals surface area contributed by atoms with E-state index in [0.29, 0.717) is 0 Å². The van der Waals surface area contributed by atoms with Gasteiger partial charge in [-0.25, -0.2) is 4.98 Å². The Balaban J connectivity index is 2.09. The highest BCUT2D eigenvalue weighted by Crippen LogP contribution is 2.30. The van der Waals surface area contributed by atoms with Crippen LogP contribution in [0, 0.1) is 6.08 Å². The van der Waals surface area contributed by atoms with Gasteiger partial charge >= 0.3 is 0 Å². The summed E-state index contributed by atoms with van der Waals surface area (Å²) in [6, 6.07) is 0. The number of aliphatic hydroxyl groups excluding tert-OH is 3. The van der Waals surface area contributed by atoms with Crippen LogP contribution in [0.4, 0.5) is 4.39 Å². The molecular weight excluding hydrogens is 275 g/mol. The molecule has 0 aromatic carbocycles. The number of nitrogens with zero attached hydrogens (tertiary/aromatic N) is 3. The van der Waals surface area contributed by atoms with Crippen molar-refractivity contribution in [3.63, 3.8) is 0 Å². The molecule has 0 saturated carbocycles. The molecule has 0 radical (unpaired) electrons. The largest absolute Gasteiger partial charge is 0.394 e. The van der Waals surface area contributed by atoms with Crippen LogP contribution in [0.1, 0.15) is 6.23 Å². The zero-order valence-corrected chi connectivity index (χ0v) is 9.97. The molecular formula is C10H11FN4O5. The standard InChI is InChI=1S/C10H11FN4O5/c11-10-13-7-4(8(19)14-10)12-2-15(7)9-6(18)5(17)3(1-16)20-9/h2-3,5-6,9,16-18H,1H2,(H,13,14,19)/t3-,5-,6-,9-/m0/s1. The van der Waals surface area contributed by atoms with E-state index in [1.54, 1.807) is 0 Å². The molecule has 20 heavy (non-hydrogen) atoms. The second-order valence-corrected chi connectivity index (χ2v) is 4.41. The van der Waals surface area contributed by atoms with E-state index in [9.17, 15) is 19.4 Å². The van der Waals surface area contributed by atoms with Crippen molar-refractivity contribution in [2.45, 2.75) is 24.5 Å². The van der Waals surface area contributed by atoms with Gasteiger partial charge in [0.15, 0.2) is 17.4 Å². The molecule has 0 bridgehead atoms. The summed E-state index contributed by atoms with van der Waals surface area (Å²) < 4.78 is 19.6. The Bertz CT molecular complexity index is 701. The Morgan fingerprint density at radius 2 is 2.20 bits per heavy atom. The van der Waals surface area contributed by atoms with Gasteiger partial charge in [-0.05, 0) is 0 Å². The number of halogens is 1. The second kappa shape index (κ2) is 4.59. The lowest BCUT2D eigenvalue weighted by molar-refractivity contribution is -0.0511. The summed E-state index contributed by atoms with van der Waals surface area (Å²) in [6.07, 6.45) is -4.74. The maximum Gasteiger partial charge on any atom is 0.291 e. The highest BCUT2D eigenvalue weighted by molar-refractivity contribution is 5.69. The monoisotopic (exact) mass is 286 g/mol. The molecule has 0 amide bonds. The number of H-pyrrole nitrogens is 1. The molecule has 1 aliphatic heterocycles. The quantitative estimate of drug-likeness (QED) is 0.463. The van der Waals surface area contributed by atoms with Crippen molar-refractivity contribution in [3.8, 4) is 0 Å². The van der Waals surface area contributed by atoms with Crippen molar-refractivity contribution in [1.29, 1.82) is 0 Å². The molecule has 3 heterocycles. The summed E-state index contributed by atoms with van der Waals surface area (Å²) >= 11 is 0. The number of hydrogen-bond acceptors (Lipinski definition) is 7. The van der Waals surface area contributed by atoms with E-state index in [4.69, 9.17) is 9.84 Å². The van der Waals surface area contributed by atoms with Crippen LogP contribution in [0.15, 0.2) is 11.1 Å². The maximum absolute atomic E-state index is 13.2. The van der Waals surface area contributed by atoms with Gasteiger partial charge in [-0.3, -0.25) is 14.3 Å². The number of ether oxygens (including phenoxy) is 1. The molecule has 0 unspecified atom stereocenters. The Morgan fingerprint density at radius 3 is 2.85 bits per heavy atom. The lowest BCUT2D eigenvalue weighted by atomic mass is 10.1. The van der Waals surface area contributed by atoms with Gasteiger partial charge in [0.25, 0.3) is 11.6 Å². The van der Waals surface area contributed by atoms with Crippen LogP contribution in [0.25, 0.3) is 11.2 Å². The second-order valence-electron chi connectivity index (χ2n) is 4.41. The average Bonchev–Trinajstić information content (AvgIpc) is 2.93. The fourth-order valence-electron chi connectivity index (χ4n) is 2.20. The van der Waals surface area contributed by atoms with Crippen LogP contribution in [0.3, 0.4) is 0 Å². The van der Waals surface area contributed by atoms with Crippen molar-refractivity contribution in [3.05, 3.63) is 22.8 Å². The minimum atomic E-state index is -1.37. The Hall–Kier alpha value is -1.88. The maximum atomic E-state index is 13.2. The first-order valence-corrected chi connectivity index (χ1v) is 5.77. The predicted octanol–water partition coefficient (Wildman–Crippen LogP) is -2.13. The Labute approximate surface area is 110 Å². The first-order valence-electron chi connectivity index (χ1n) is 5.77. The lowest BCUT2D eigenvalue weighted by Gasteiger charge is -2.16. The van der Waals surface area contributed by atoms with Crippen LogP contribution in [-0.4, -0.2) is 59.8 Å². The zero-order valence-electron chi connectivity index (χ0n) is 9.97. The smallest absolute Gasteiger partial charge is 0.291 e. The summed E-state index contributed by atoms with van der Waals surface area (Å²) in [6.45, 7) is -0.496. The number of nitrogens with one attached hydrogen (secondary N) is 1. The number of rotatable bonds is 2. The van der Waals surface area contributed by atoms with Crippen LogP contribution in [-0.2, 0) is 4.74 Å². The fraction of sp³-hybridized carbons (Fsp3) is 0.500. The highest BCUT2D eigenvalue weighted by Gasteiger charge is 2.44. The zero-order chi connectivity index (χ0) is 14.4. The van der Waals surface area contributed by atoms with E-state index in [-0.39, 0.29) is 11.2 Å². The van der Waals surface area contributed by atoms with E-state index in [0.717, 1.165) is 10.9 Å². The highest BCUT2D eigenvalue weighted by atomic mass is 19.1. The Kier molecular flexibility index (Phi) is 3.01. The third-order valence-electron chi connectivity index (χ3n) is 3.19. The average molecular weight is 286 g/mol. The van der Waals surface area contributed by atoms with Gasteiger partial charge in [-0.1, -0.05) is 0 Å². The number of aromatic amines is 1. The van der Waals surface area contributed by atoms with Crippen LogP contribution in [0.5, 0.6) is 0 Å². The van der Waals surface area contributed by atoms with Crippen molar-refractivity contribution < 1.29 is 24.4 Å². The van der Waals surface area contributed by atoms with Crippen molar-refractivity contribution in [1.82, 2.24) is 19.5 Å². The van der Waals surface area contributed by atoms with E-state index in [1.165, 1.54) is 0 Å². The molecule has 0 aliphatic carbocycles. The molecule has 1 fully saturated rings. The van der Waals surface area contributed by atoms with E-state index in [1.807, 2.05) is 4.98 Å². The number of hydrogen-bond donors (Lipinski definition) is 4. The molecule has 3 rings (SSSR count). The molecule has 2 aromatic heterocycles. The van der Waals surface area contributed by atoms with Gasteiger partial charge in [-0.15, -0.1) is 0 Å². The predicted molar refractivity (Wildman–Crippen MR) is 61.1 cm³/mol. The molecule has 0 spiro atoms. The molecule has 9 nitrogen and oxygen atoms in total. The summed E-state index contributed by atoms with van der Waals surface area (Å²) in [5.41, 5.74) is -1.01. The minimum absolute atomic E-state index is 0.121. The topological polar surface area (TPSA) is 133 Å². The number of aliphatic hydroxyl groups is 3. The number of imidazole rings is 1. The molecule has 108 valence electrons. The normalized spacial score (nSPS) is 30.2. The first kappa shape index (κ1) is 13.1. The van der Waals surface area contributed by atoms with E-state index in [2.05, 4.69) is 9.97 Å². The van der Waals surface area contributed by atoms with Gasteiger partial charge in [-0.2, -0.15) is 9.37 Å². The SMILES string of the molecule is O=c1[nH]c(F)nc2c1ncn2[C@H]1O[C@@H](CO)[C@H](O)[C@@H]1O. The molecule has 4 atom stereocenters. The molecule has 10 heteroatoms. The van der Waals surface area contributed by atoms with Gasteiger partial charge in [0, 0.05) is 0 Å². The Morgan fingerprint density at radius 1 is 1.45 bits per heavy atom. The summed E-state index contributed by atoms with van der Waals surface area (Å²) in [7, 11) is 0. The number of fused-ring (bicyclic) bond motifs is 1. The van der Waals surface area contributed by atoms with Gasteiger partial charge in [0.2, 0.25) is 0 Å². The van der Waals surface area contributed by atoms with Gasteiger partial charge in [0.1, 0.15) is 18.3 Å². The van der Waals surface area contributed by atoms with Crippen LogP contribution in [0.2, 0.25) is 0 Å². The molecule has 4 N–H and O–H groups in total. The van der Waals surface area contributed by atoms with Crippen molar-refractivity contribution in [2.75, 3.05) is 6.61 Å². The van der Waals surface area contributed by atoms with Gasteiger partial charge < -0.3 is 20.1 Å². The third-order valence-corrected chi connectivity index (χ3v) is 3.19. The van der Waals surface area contributed by atoms with Crippen molar-refractivity contribution >= 4 is 11.2 Å². The third kappa shape index (κ3) is 1.81. The van der Waals surface area contributed by atoms with Crippen LogP contribution < -0.4 is 5.56 Å². The summed E-state index contributed by atoms with van der Waals surface area (Å²) in [4.78, 5) is 20.6. The molecule has 1 aliphatic rings. The van der Waals surface area contributed by atoms with Crippen LogP contribution >= 0.6 is 0 Å². The molecule has 2 aromatic rings. The minimum Gasteiger partial charge on any atom is -0.394 e. The fourth-order valence-corrected chi connectivity index (χ4v) is 2.20. The summed E-state index contributed by atoms with van der Waals surface area (Å²) in [5, 5.41) is 28.6. The van der Waals surface area contributed by atoms with E-state index >= 15 is 0 Å².